The fourth-order valence-electron chi connectivity index (χ4n) is 5.70. The Balaban J connectivity index is 1.48. The molecule has 0 bridgehead atoms. The smallest absolute Gasteiger partial charge is 0.136 e. The molecule has 1 heterocycles. The van der Waals surface area contributed by atoms with Gasteiger partial charge in [-0.15, -0.1) is 0 Å². The van der Waals surface area contributed by atoms with Gasteiger partial charge in [-0.1, -0.05) is 145 Å². The van der Waals surface area contributed by atoms with Crippen LogP contribution in [0.5, 0.6) is 0 Å². The van der Waals surface area contributed by atoms with Crippen LogP contribution in [0.3, 0.4) is 0 Å². The lowest BCUT2D eigenvalue weighted by atomic mass is 9.84. The monoisotopic (exact) mass is 624 g/mol. The molecule has 10 rings (SSSR count). The molecule has 1 aromatic heterocycles. The maximum Gasteiger partial charge on any atom is 0.136 e. The van der Waals surface area contributed by atoms with Crippen molar-refractivity contribution >= 4 is 65.0 Å². The second kappa shape index (κ2) is 10.2. The Morgan fingerprint density at radius 3 is 1.55 bits per heavy atom. The standard InChI is InChI=1S/C46H28O/c1-2-11-32-26-35(25-22-29(32)10-1)30-20-23-31(24-21-30)44-36-14-5-7-16-38(36)45(39-17-8-6-15-37(39)44)40-18-9-19-42-46(40)41-27-33-12-3-4-13-34(33)28-43(41)47-42/h1-28H/i1D,2D,3D,4D,5D,6D,7D,8D,9D,10D,11D,12D,13D,14D,15D,16D,17D,18D,19D,20D,21D,22D,23D,24D,25D,26D,27D,28D. The molecule has 0 saturated carbocycles. The zero-order valence-corrected chi connectivity index (χ0v) is 23.4. The van der Waals surface area contributed by atoms with Gasteiger partial charge in [0.05, 0.1) is 38.4 Å². The average molecular weight is 625 g/mol. The molecule has 0 atom stereocenters. The van der Waals surface area contributed by atoms with E-state index in [2.05, 4.69) is 0 Å². The van der Waals surface area contributed by atoms with Crippen LogP contribution in [0, 0.1) is 0 Å². The van der Waals surface area contributed by atoms with E-state index in [0.717, 1.165) is 0 Å². The summed E-state index contributed by atoms with van der Waals surface area (Å²) in [6.45, 7) is 0. The SMILES string of the molecule is [2H]c1c([2H])c(-c2c3c([2H])c([2H])c([2H])c([2H])c3c(-c3c([2H])c([2H])c([2H])c4oc5c([2H])c6c([2H])c([2H])c([2H])c([2H])c6c([2H])c5c34)c3c([2H])c([2H])c([2H])c([2H])c23)c([2H])c([2H])c1-c1c([2H])c([2H])c2c([2H])c([2H])c([2H])c([2H])c2c1[2H]. The van der Waals surface area contributed by atoms with E-state index >= 15 is 0 Å². The molecular weight excluding hydrogens is 569 g/mol. The normalized spacial score (nSPS) is 20.2. The lowest BCUT2D eigenvalue weighted by Crippen LogP contribution is -1.91. The maximum absolute atomic E-state index is 9.55. The van der Waals surface area contributed by atoms with Crippen LogP contribution in [0.2, 0.25) is 0 Å². The van der Waals surface area contributed by atoms with Gasteiger partial charge in [-0.2, -0.15) is 0 Å². The molecule has 47 heavy (non-hydrogen) atoms. The lowest BCUT2D eigenvalue weighted by molar-refractivity contribution is 0.669. The Hall–Kier alpha value is -6.18. The van der Waals surface area contributed by atoms with E-state index in [1.165, 1.54) is 0 Å². The molecule has 1 heteroatoms. The predicted molar refractivity (Wildman–Crippen MR) is 200 cm³/mol. The Labute approximate surface area is 311 Å². The first kappa shape index (κ1) is 10.7. The Morgan fingerprint density at radius 1 is 0.340 bits per heavy atom. The Bertz CT molecular complexity index is 4330. The van der Waals surface area contributed by atoms with Gasteiger partial charge >= 0.3 is 0 Å². The fourth-order valence-corrected chi connectivity index (χ4v) is 5.70. The zero-order valence-electron chi connectivity index (χ0n) is 51.4. The average Bonchev–Trinajstić information content (AvgIpc) is 3.78. The second-order valence-electron chi connectivity index (χ2n) is 10.3. The highest BCUT2D eigenvalue weighted by molar-refractivity contribution is 6.26. The summed E-state index contributed by atoms with van der Waals surface area (Å²) < 4.78 is 258. The quantitative estimate of drug-likeness (QED) is 0.178. The molecule has 0 aliphatic rings. The first-order chi connectivity index (χ1) is 35.0. The molecule has 9 aromatic carbocycles. The van der Waals surface area contributed by atoms with Crippen LogP contribution in [0.4, 0.5) is 0 Å². The molecule has 218 valence electrons. The second-order valence-corrected chi connectivity index (χ2v) is 10.3. The van der Waals surface area contributed by atoms with E-state index < -0.39 is 268 Å². The van der Waals surface area contributed by atoms with E-state index in [4.69, 9.17) is 27.7 Å². The topological polar surface area (TPSA) is 13.1 Å². The molecule has 0 N–H and O–H groups in total. The Kier molecular flexibility index (Phi) is 2.31. The summed E-state index contributed by atoms with van der Waals surface area (Å²) in [4.78, 5) is 0. The minimum Gasteiger partial charge on any atom is -0.456 e. The molecule has 1 nitrogen and oxygen atoms in total. The molecule has 0 spiro atoms. The summed E-state index contributed by atoms with van der Waals surface area (Å²) in [6.07, 6.45) is 0. The van der Waals surface area contributed by atoms with Gasteiger partial charge in [0.15, 0.2) is 0 Å². The van der Waals surface area contributed by atoms with E-state index in [-0.39, 0.29) is 0 Å². The number of fused-ring (bicyclic) bond motifs is 7. The van der Waals surface area contributed by atoms with E-state index in [1.54, 1.807) is 0 Å². The van der Waals surface area contributed by atoms with Crippen molar-refractivity contribution in [2.45, 2.75) is 0 Å². The van der Waals surface area contributed by atoms with Gasteiger partial charge in [-0.25, -0.2) is 0 Å². The fraction of sp³-hybridized carbons (Fsp3) is 0. The zero-order chi connectivity index (χ0) is 55.3. The summed E-state index contributed by atoms with van der Waals surface area (Å²) in [5.41, 5.74) is -5.87. The van der Waals surface area contributed by atoms with Crippen LogP contribution in [-0.2, 0) is 0 Å². The van der Waals surface area contributed by atoms with Crippen molar-refractivity contribution in [2.75, 3.05) is 0 Å². The van der Waals surface area contributed by atoms with Crippen LogP contribution in [0.25, 0.3) is 98.4 Å². The third-order valence-electron chi connectivity index (χ3n) is 7.70. The van der Waals surface area contributed by atoms with Crippen molar-refractivity contribution < 1.29 is 42.8 Å². The van der Waals surface area contributed by atoms with Gasteiger partial charge in [0.2, 0.25) is 0 Å². The van der Waals surface area contributed by atoms with Crippen LogP contribution in [0.15, 0.2) is 174 Å². The first-order valence-electron chi connectivity index (χ1n) is 27.9. The van der Waals surface area contributed by atoms with Gasteiger partial charge in [-0.05, 0) is 101 Å². The summed E-state index contributed by atoms with van der Waals surface area (Å²) in [5, 5.41) is -6.16. The van der Waals surface area contributed by atoms with Gasteiger partial charge in [0.1, 0.15) is 11.2 Å². The van der Waals surface area contributed by atoms with E-state index in [1.807, 2.05) is 0 Å². The third kappa shape index (κ3) is 4.03. The number of hydrogen-bond acceptors (Lipinski definition) is 1. The molecule has 0 amide bonds. The largest absolute Gasteiger partial charge is 0.456 e. The number of benzene rings is 9. The van der Waals surface area contributed by atoms with Crippen molar-refractivity contribution in [3.05, 3.63) is 169 Å². The molecule has 0 unspecified atom stereocenters. The number of hydrogen-bond donors (Lipinski definition) is 0. The van der Waals surface area contributed by atoms with Gasteiger partial charge in [-0.3, -0.25) is 0 Å². The van der Waals surface area contributed by atoms with Crippen molar-refractivity contribution in [1.82, 2.24) is 0 Å². The van der Waals surface area contributed by atoms with Crippen molar-refractivity contribution in [1.29, 1.82) is 0 Å². The molecule has 0 aliphatic carbocycles. The van der Waals surface area contributed by atoms with Crippen LogP contribution >= 0.6 is 0 Å². The van der Waals surface area contributed by atoms with Crippen molar-refractivity contribution in [3.8, 4) is 33.4 Å². The molecular formula is C46H28O. The Morgan fingerprint density at radius 2 is 0.872 bits per heavy atom. The van der Waals surface area contributed by atoms with Gasteiger partial charge in [0.25, 0.3) is 0 Å². The third-order valence-corrected chi connectivity index (χ3v) is 7.70. The van der Waals surface area contributed by atoms with Crippen molar-refractivity contribution in [3.63, 3.8) is 0 Å². The van der Waals surface area contributed by atoms with E-state index in [0.29, 0.717) is 0 Å². The molecule has 0 saturated heterocycles. The summed E-state index contributed by atoms with van der Waals surface area (Å²) >= 11 is 0. The minimum atomic E-state index is -1.10. The van der Waals surface area contributed by atoms with Gasteiger partial charge in [0, 0.05) is 10.8 Å². The van der Waals surface area contributed by atoms with Gasteiger partial charge < -0.3 is 4.42 Å². The summed E-state index contributed by atoms with van der Waals surface area (Å²) in [6, 6.07) is -25.6. The molecule has 0 aliphatic heterocycles. The highest BCUT2D eigenvalue weighted by Crippen LogP contribution is 2.47. The molecule has 0 radical (unpaired) electrons. The lowest BCUT2D eigenvalue weighted by Gasteiger charge is -2.18. The first-order valence-corrected chi connectivity index (χ1v) is 13.9. The molecule has 10 aromatic rings. The predicted octanol–water partition coefficient (Wildman–Crippen LogP) is 13.2. The maximum atomic E-state index is 9.55. The number of rotatable bonds is 3. The van der Waals surface area contributed by atoms with Crippen molar-refractivity contribution in [2.24, 2.45) is 0 Å². The van der Waals surface area contributed by atoms with E-state index in [9.17, 15) is 15.1 Å². The molecule has 0 fully saturated rings. The summed E-state index contributed by atoms with van der Waals surface area (Å²) in [7, 11) is 0. The number of furan rings is 1. The van der Waals surface area contributed by atoms with Crippen LogP contribution in [0.1, 0.15) is 38.4 Å². The van der Waals surface area contributed by atoms with Crippen LogP contribution in [-0.4, -0.2) is 0 Å². The highest BCUT2D eigenvalue weighted by atomic mass is 16.3. The summed E-state index contributed by atoms with van der Waals surface area (Å²) in [5.74, 6) is 0. The minimum absolute atomic E-state index is 0.483. The van der Waals surface area contributed by atoms with Crippen LogP contribution < -0.4 is 0 Å². The highest BCUT2D eigenvalue weighted by Gasteiger charge is 2.20.